The summed E-state index contributed by atoms with van der Waals surface area (Å²) in [5.41, 5.74) is 1.30. The first-order chi connectivity index (χ1) is 13.2. The van der Waals surface area contributed by atoms with Crippen LogP contribution in [0.25, 0.3) is 10.9 Å². The van der Waals surface area contributed by atoms with E-state index in [1.807, 2.05) is 37.3 Å². The minimum absolute atomic E-state index is 0.0822. The summed E-state index contributed by atoms with van der Waals surface area (Å²) < 4.78 is 12.3. The lowest BCUT2D eigenvalue weighted by atomic mass is 10.1. The summed E-state index contributed by atoms with van der Waals surface area (Å²) in [6.07, 6.45) is 0.609. The Hall–Kier alpha value is -3.35. The van der Waals surface area contributed by atoms with Crippen LogP contribution in [-0.4, -0.2) is 29.0 Å². The molecule has 0 radical (unpaired) electrons. The van der Waals surface area contributed by atoms with Gasteiger partial charge in [-0.05, 0) is 43.2 Å². The van der Waals surface area contributed by atoms with Gasteiger partial charge in [0.1, 0.15) is 0 Å². The van der Waals surface area contributed by atoms with Gasteiger partial charge in [-0.25, -0.2) is 0 Å². The normalized spacial score (nSPS) is 12.3. The van der Waals surface area contributed by atoms with E-state index in [-0.39, 0.29) is 17.9 Å². The van der Waals surface area contributed by atoms with Crippen LogP contribution < -0.4 is 20.2 Å². The van der Waals surface area contributed by atoms with Gasteiger partial charge in [0.15, 0.2) is 17.2 Å². The van der Waals surface area contributed by atoms with E-state index < -0.39 is 5.91 Å². The molecule has 4 rings (SSSR count). The van der Waals surface area contributed by atoms with Gasteiger partial charge in [0.05, 0.1) is 5.52 Å². The molecule has 1 aliphatic rings. The number of nitrogens with one attached hydrogen (secondary N) is 1. The Morgan fingerprint density at radius 1 is 1.19 bits per heavy atom. The van der Waals surface area contributed by atoms with Crippen molar-refractivity contribution >= 4 is 16.8 Å². The highest BCUT2D eigenvalue weighted by atomic mass is 16.7. The molecule has 0 unspecified atom stereocenters. The van der Waals surface area contributed by atoms with Crippen LogP contribution in [0.15, 0.2) is 47.3 Å². The van der Waals surface area contributed by atoms with E-state index in [4.69, 9.17) is 9.47 Å². The fourth-order valence-electron chi connectivity index (χ4n) is 3.13. The predicted octanol–water partition coefficient (Wildman–Crippen LogP) is 2.12. The van der Waals surface area contributed by atoms with Crippen LogP contribution in [0.5, 0.6) is 11.5 Å². The van der Waals surface area contributed by atoms with E-state index >= 15 is 0 Å². The largest absolute Gasteiger partial charge is 0.454 e. The number of carbonyl (C=O) groups is 1. The summed E-state index contributed by atoms with van der Waals surface area (Å²) in [5.74, 6) is 0.970. The van der Waals surface area contributed by atoms with E-state index in [0.29, 0.717) is 30.6 Å². The van der Waals surface area contributed by atoms with Crippen LogP contribution in [0.4, 0.5) is 0 Å². The number of ether oxygens (including phenoxy) is 2. The van der Waals surface area contributed by atoms with Crippen LogP contribution in [0.2, 0.25) is 0 Å². The zero-order chi connectivity index (χ0) is 18.8. The lowest BCUT2D eigenvalue weighted by molar-refractivity contribution is 0.0946. The summed E-state index contributed by atoms with van der Waals surface area (Å²) in [5, 5.41) is 7.53. The Kier molecular flexibility index (Phi) is 4.50. The molecule has 0 aliphatic carbocycles. The highest BCUT2D eigenvalue weighted by Gasteiger charge is 2.17. The summed E-state index contributed by atoms with van der Waals surface area (Å²) in [4.78, 5) is 25.2. The first kappa shape index (κ1) is 17.1. The van der Waals surface area contributed by atoms with E-state index in [9.17, 15) is 9.59 Å². The first-order valence-electron chi connectivity index (χ1n) is 8.84. The number of nitrogens with zero attached hydrogens (tertiary/aromatic N) is 2. The van der Waals surface area contributed by atoms with E-state index in [1.165, 1.54) is 0 Å². The summed E-state index contributed by atoms with van der Waals surface area (Å²) in [6, 6.07) is 12.9. The fraction of sp³-hybridized carbons (Fsp3) is 0.250. The van der Waals surface area contributed by atoms with Crippen LogP contribution in [0.1, 0.15) is 23.0 Å². The first-order valence-corrected chi connectivity index (χ1v) is 8.84. The SMILES string of the molecule is CCn1nc(C(=O)NCCc2ccc3c(c2)OCO3)c(=O)c2ccccc21. The number of carbonyl (C=O) groups excluding carboxylic acids is 1. The highest BCUT2D eigenvalue weighted by Crippen LogP contribution is 2.32. The quantitative estimate of drug-likeness (QED) is 0.749. The molecule has 0 saturated heterocycles. The molecule has 7 nitrogen and oxygen atoms in total. The van der Waals surface area contributed by atoms with Crippen molar-refractivity contribution in [1.82, 2.24) is 15.1 Å². The number of benzene rings is 2. The lowest BCUT2D eigenvalue weighted by Gasteiger charge is -2.10. The molecule has 2 heterocycles. The van der Waals surface area contributed by atoms with Crippen LogP contribution in [0, 0.1) is 0 Å². The Balaban J connectivity index is 1.50. The van der Waals surface area contributed by atoms with Crippen LogP contribution in [0.3, 0.4) is 0 Å². The number of aryl methyl sites for hydroxylation is 1. The van der Waals surface area contributed by atoms with Crippen molar-refractivity contribution in [2.75, 3.05) is 13.3 Å². The molecular weight excluding hydrogens is 346 g/mol. The molecule has 0 spiro atoms. The monoisotopic (exact) mass is 365 g/mol. The fourth-order valence-corrected chi connectivity index (χ4v) is 3.13. The van der Waals surface area contributed by atoms with Gasteiger partial charge in [-0.2, -0.15) is 5.10 Å². The molecule has 1 aliphatic heterocycles. The third kappa shape index (κ3) is 3.23. The molecule has 2 aromatic carbocycles. The van der Waals surface area contributed by atoms with Gasteiger partial charge in [0.25, 0.3) is 5.91 Å². The minimum atomic E-state index is -0.464. The summed E-state index contributed by atoms with van der Waals surface area (Å²) in [7, 11) is 0. The van der Waals surface area contributed by atoms with Crippen molar-refractivity contribution in [3.05, 3.63) is 63.9 Å². The minimum Gasteiger partial charge on any atom is -0.454 e. The van der Waals surface area contributed by atoms with Gasteiger partial charge in [-0.3, -0.25) is 14.3 Å². The number of rotatable bonds is 5. The second kappa shape index (κ2) is 7.11. The number of amides is 1. The van der Waals surface area contributed by atoms with Gasteiger partial charge in [0, 0.05) is 18.5 Å². The van der Waals surface area contributed by atoms with Gasteiger partial charge in [0.2, 0.25) is 12.2 Å². The van der Waals surface area contributed by atoms with Gasteiger partial charge in [-0.1, -0.05) is 18.2 Å². The second-order valence-electron chi connectivity index (χ2n) is 6.20. The average molecular weight is 365 g/mol. The van der Waals surface area contributed by atoms with Crippen molar-refractivity contribution in [2.45, 2.75) is 19.9 Å². The molecule has 0 bridgehead atoms. The standard InChI is InChI=1S/C20H19N3O4/c1-2-23-15-6-4-3-5-14(15)19(24)18(22-23)20(25)21-10-9-13-7-8-16-17(11-13)27-12-26-16/h3-8,11H,2,9-10,12H2,1H3,(H,21,25). The lowest BCUT2D eigenvalue weighted by Crippen LogP contribution is -2.33. The van der Waals surface area contributed by atoms with Crippen LogP contribution in [-0.2, 0) is 13.0 Å². The molecule has 0 atom stereocenters. The Morgan fingerprint density at radius 3 is 2.85 bits per heavy atom. The maximum atomic E-state index is 12.6. The molecule has 1 N–H and O–H groups in total. The van der Waals surface area contributed by atoms with E-state index in [2.05, 4.69) is 10.4 Å². The third-order valence-electron chi connectivity index (χ3n) is 4.51. The van der Waals surface area contributed by atoms with Crippen LogP contribution >= 0.6 is 0 Å². The van der Waals surface area contributed by atoms with Crippen molar-refractivity contribution in [3.8, 4) is 11.5 Å². The van der Waals surface area contributed by atoms with Crippen molar-refractivity contribution in [2.24, 2.45) is 0 Å². The Morgan fingerprint density at radius 2 is 2.00 bits per heavy atom. The molecule has 138 valence electrons. The summed E-state index contributed by atoms with van der Waals surface area (Å²) >= 11 is 0. The zero-order valence-corrected chi connectivity index (χ0v) is 14.9. The number of fused-ring (bicyclic) bond motifs is 2. The predicted molar refractivity (Wildman–Crippen MR) is 100 cm³/mol. The number of aromatic nitrogens is 2. The zero-order valence-electron chi connectivity index (χ0n) is 14.9. The van der Waals surface area contributed by atoms with Gasteiger partial charge >= 0.3 is 0 Å². The van der Waals surface area contributed by atoms with Gasteiger partial charge < -0.3 is 14.8 Å². The molecule has 3 aromatic rings. The van der Waals surface area contributed by atoms with Crippen molar-refractivity contribution < 1.29 is 14.3 Å². The molecule has 1 aromatic heterocycles. The van der Waals surface area contributed by atoms with Gasteiger partial charge in [-0.15, -0.1) is 0 Å². The summed E-state index contributed by atoms with van der Waals surface area (Å²) in [6.45, 7) is 3.11. The van der Waals surface area contributed by atoms with Crippen molar-refractivity contribution in [1.29, 1.82) is 0 Å². The van der Waals surface area contributed by atoms with E-state index in [1.54, 1.807) is 16.8 Å². The molecule has 1 amide bonds. The number of hydrogen-bond acceptors (Lipinski definition) is 5. The number of para-hydroxylation sites is 1. The Bertz CT molecular complexity index is 1070. The molecule has 27 heavy (non-hydrogen) atoms. The van der Waals surface area contributed by atoms with Crippen molar-refractivity contribution in [3.63, 3.8) is 0 Å². The Labute approximate surface area is 155 Å². The van der Waals surface area contributed by atoms with E-state index in [0.717, 1.165) is 16.8 Å². The molecular formula is C20H19N3O4. The maximum absolute atomic E-state index is 12.6. The topological polar surface area (TPSA) is 82.5 Å². The number of hydrogen-bond donors (Lipinski definition) is 1. The molecule has 0 saturated carbocycles. The second-order valence-corrected chi connectivity index (χ2v) is 6.20. The average Bonchev–Trinajstić information content (AvgIpc) is 3.16. The molecule has 0 fully saturated rings. The smallest absolute Gasteiger partial charge is 0.275 e. The maximum Gasteiger partial charge on any atom is 0.275 e. The third-order valence-corrected chi connectivity index (χ3v) is 4.51. The molecule has 7 heteroatoms. The highest BCUT2D eigenvalue weighted by molar-refractivity contribution is 5.95.